The minimum Gasteiger partial charge on any atom is -0.482 e. The Labute approximate surface area is 174 Å². The maximum absolute atomic E-state index is 12.6. The summed E-state index contributed by atoms with van der Waals surface area (Å²) in [5.74, 6) is -1.24. The fraction of sp³-hybridized carbons (Fsp3) is 0.300. The number of ether oxygens (including phenoxy) is 2. The number of hydrogen-bond acceptors (Lipinski definition) is 6. The number of hydrogen-bond donors (Lipinski definition) is 0. The lowest BCUT2D eigenvalue weighted by Crippen LogP contribution is -2.28. The van der Waals surface area contributed by atoms with E-state index in [0.29, 0.717) is 9.87 Å². The Morgan fingerprint density at radius 1 is 1.17 bits per heavy atom. The first-order valence-corrected chi connectivity index (χ1v) is 10.9. The highest BCUT2D eigenvalue weighted by Crippen LogP contribution is 2.38. The summed E-state index contributed by atoms with van der Waals surface area (Å²) in [5.41, 5.74) is 1.45. The van der Waals surface area contributed by atoms with Crippen molar-refractivity contribution < 1.29 is 27.5 Å². The zero-order chi connectivity index (χ0) is 21.2. The van der Waals surface area contributed by atoms with Crippen LogP contribution < -0.4 is 4.74 Å². The van der Waals surface area contributed by atoms with E-state index in [1.165, 1.54) is 6.07 Å². The van der Waals surface area contributed by atoms with E-state index in [-0.39, 0.29) is 28.7 Å². The molecule has 1 heterocycles. The predicted molar refractivity (Wildman–Crippen MR) is 106 cm³/mol. The number of alkyl halides is 1. The first-order valence-electron chi connectivity index (χ1n) is 8.89. The van der Waals surface area contributed by atoms with Crippen LogP contribution in [0.1, 0.15) is 41.3 Å². The molecule has 0 fully saturated rings. The van der Waals surface area contributed by atoms with E-state index in [1.54, 1.807) is 6.07 Å². The van der Waals surface area contributed by atoms with Crippen LogP contribution in [0.4, 0.5) is 0 Å². The standard InChI is InChI=1S/C20H20ClNO6S/c1-13(2)16-8-15(9-17-19(16)20(24)22(12-21)29(17,25)26)27-11-18(23)28-10-14-6-4-3-5-7-14/h3-9,13H,10-12H2,1-2H3. The maximum atomic E-state index is 12.6. The van der Waals surface area contributed by atoms with Gasteiger partial charge in [-0.3, -0.25) is 4.79 Å². The van der Waals surface area contributed by atoms with Gasteiger partial charge in [0.25, 0.3) is 15.9 Å². The molecule has 0 radical (unpaired) electrons. The lowest BCUT2D eigenvalue weighted by atomic mass is 9.96. The molecule has 7 nitrogen and oxygen atoms in total. The lowest BCUT2D eigenvalue weighted by molar-refractivity contribution is -0.147. The van der Waals surface area contributed by atoms with Crippen molar-refractivity contribution in [3.05, 3.63) is 59.2 Å². The summed E-state index contributed by atoms with van der Waals surface area (Å²) in [5, 5.41) is 0. The minimum atomic E-state index is -4.05. The van der Waals surface area contributed by atoms with E-state index in [0.717, 1.165) is 5.56 Å². The van der Waals surface area contributed by atoms with Crippen LogP contribution >= 0.6 is 11.6 Å². The fourth-order valence-corrected chi connectivity index (χ4v) is 4.87. The monoisotopic (exact) mass is 437 g/mol. The van der Waals surface area contributed by atoms with Gasteiger partial charge in [0.2, 0.25) is 0 Å². The molecule has 29 heavy (non-hydrogen) atoms. The number of amides is 1. The topological polar surface area (TPSA) is 90.0 Å². The van der Waals surface area contributed by atoms with Crippen LogP contribution in [0, 0.1) is 0 Å². The van der Waals surface area contributed by atoms with Gasteiger partial charge in [-0.05, 0) is 23.1 Å². The maximum Gasteiger partial charge on any atom is 0.344 e. The molecule has 9 heteroatoms. The van der Waals surface area contributed by atoms with Crippen molar-refractivity contribution in [1.82, 2.24) is 4.31 Å². The average Bonchev–Trinajstić information content (AvgIpc) is 2.90. The summed E-state index contributed by atoms with van der Waals surface area (Å²) in [6.07, 6.45) is 0. The van der Waals surface area contributed by atoms with Gasteiger partial charge in [0, 0.05) is 6.07 Å². The number of fused-ring (bicyclic) bond motifs is 1. The van der Waals surface area contributed by atoms with Crippen molar-refractivity contribution in [3.8, 4) is 5.75 Å². The Bertz CT molecular complexity index is 1040. The molecule has 0 unspecified atom stereocenters. The van der Waals surface area contributed by atoms with Crippen LogP contribution in [-0.4, -0.2) is 37.2 Å². The number of esters is 1. The summed E-state index contributed by atoms with van der Waals surface area (Å²) in [6, 6.07) is 11.5. The van der Waals surface area contributed by atoms with Crippen molar-refractivity contribution in [2.24, 2.45) is 0 Å². The van der Waals surface area contributed by atoms with Gasteiger partial charge in [0.15, 0.2) is 6.61 Å². The van der Waals surface area contributed by atoms with E-state index in [9.17, 15) is 18.0 Å². The van der Waals surface area contributed by atoms with E-state index in [4.69, 9.17) is 21.1 Å². The van der Waals surface area contributed by atoms with Crippen molar-refractivity contribution in [1.29, 1.82) is 0 Å². The van der Waals surface area contributed by atoms with Crippen molar-refractivity contribution in [3.63, 3.8) is 0 Å². The van der Waals surface area contributed by atoms with E-state index in [1.807, 2.05) is 44.2 Å². The number of halogens is 1. The predicted octanol–water partition coefficient (Wildman–Crippen LogP) is 3.27. The fourth-order valence-electron chi connectivity index (χ4n) is 2.97. The van der Waals surface area contributed by atoms with Gasteiger partial charge in [-0.2, -0.15) is 0 Å². The lowest BCUT2D eigenvalue weighted by Gasteiger charge is -2.13. The summed E-state index contributed by atoms with van der Waals surface area (Å²) in [6.45, 7) is 3.38. The molecule has 1 amide bonds. The second-order valence-corrected chi connectivity index (χ2v) is 8.82. The Balaban J connectivity index is 1.78. The molecule has 0 saturated carbocycles. The number of carbonyl (C=O) groups excluding carboxylic acids is 2. The van der Waals surface area contributed by atoms with Crippen LogP contribution in [-0.2, 0) is 26.2 Å². The summed E-state index contributed by atoms with van der Waals surface area (Å²) >= 11 is 5.67. The molecule has 0 spiro atoms. The third kappa shape index (κ3) is 4.23. The minimum absolute atomic E-state index is 0.0969. The summed E-state index contributed by atoms with van der Waals surface area (Å²) in [7, 11) is -4.05. The van der Waals surface area contributed by atoms with Gasteiger partial charge < -0.3 is 9.47 Å². The smallest absolute Gasteiger partial charge is 0.344 e. The number of nitrogens with zero attached hydrogens (tertiary/aromatic N) is 1. The quantitative estimate of drug-likeness (QED) is 0.375. The molecule has 0 saturated heterocycles. The van der Waals surface area contributed by atoms with Crippen LogP contribution in [0.2, 0.25) is 0 Å². The molecule has 0 aliphatic carbocycles. The molecular formula is C20H20ClNO6S. The van der Waals surface area contributed by atoms with Gasteiger partial charge in [-0.15, -0.1) is 11.6 Å². The van der Waals surface area contributed by atoms with Crippen LogP contribution in [0.25, 0.3) is 0 Å². The molecule has 0 bridgehead atoms. The van der Waals surface area contributed by atoms with Crippen LogP contribution in [0.15, 0.2) is 47.4 Å². The van der Waals surface area contributed by atoms with Crippen LogP contribution in [0.3, 0.4) is 0 Å². The molecule has 154 valence electrons. The Morgan fingerprint density at radius 3 is 2.48 bits per heavy atom. The molecule has 2 aromatic rings. The highest BCUT2D eigenvalue weighted by Gasteiger charge is 2.43. The highest BCUT2D eigenvalue weighted by molar-refractivity contribution is 7.90. The normalized spacial score (nSPS) is 14.8. The highest BCUT2D eigenvalue weighted by atomic mass is 35.5. The van der Waals surface area contributed by atoms with Gasteiger partial charge in [-0.1, -0.05) is 44.2 Å². The molecule has 1 aliphatic heterocycles. The second-order valence-electron chi connectivity index (χ2n) is 6.75. The zero-order valence-electron chi connectivity index (χ0n) is 15.9. The first kappa shape index (κ1) is 21.1. The molecule has 0 N–H and O–H groups in total. The largest absolute Gasteiger partial charge is 0.482 e. The van der Waals surface area contributed by atoms with Crippen molar-refractivity contribution >= 4 is 33.5 Å². The Morgan fingerprint density at radius 2 is 1.86 bits per heavy atom. The van der Waals surface area contributed by atoms with Gasteiger partial charge in [0.05, 0.1) is 5.56 Å². The molecule has 2 aromatic carbocycles. The SMILES string of the molecule is CC(C)c1cc(OCC(=O)OCc2ccccc2)cc2c1C(=O)N(CCl)S2(=O)=O. The van der Waals surface area contributed by atoms with Gasteiger partial charge >= 0.3 is 5.97 Å². The Hall–Kier alpha value is -2.58. The van der Waals surface area contributed by atoms with Crippen LogP contribution in [0.5, 0.6) is 5.75 Å². The first-order chi connectivity index (χ1) is 13.8. The summed E-state index contributed by atoms with van der Waals surface area (Å²) in [4.78, 5) is 24.3. The number of benzene rings is 2. The molecule has 3 rings (SSSR count). The zero-order valence-corrected chi connectivity index (χ0v) is 17.5. The van der Waals surface area contributed by atoms with Gasteiger partial charge in [0.1, 0.15) is 23.3 Å². The van der Waals surface area contributed by atoms with E-state index >= 15 is 0 Å². The molecule has 0 aromatic heterocycles. The number of sulfonamides is 1. The molecular weight excluding hydrogens is 418 g/mol. The van der Waals surface area contributed by atoms with Crippen molar-refractivity contribution in [2.45, 2.75) is 31.3 Å². The third-order valence-electron chi connectivity index (χ3n) is 4.44. The van der Waals surface area contributed by atoms with E-state index in [2.05, 4.69) is 0 Å². The van der Waals surface area contributed by atoms with Crippen molar-refractivity contribution in [2.75, 3.05) is 12.6 Å². The van der Waals surface area contributed by atoms with E-state index < -0.39 is 34.5 Å². The third-order valence-corrected chi connectivity index (χ3v) is 6.58. The molecule has 1 aliphatic rings. The van der Waals surface area contributed by atoms with Gasteiger partial charge in [-0.25, -0.2) is 17.5 Å². The average molecular weight is 438 g/mol. The number of rotatable bonds is 7. The second kappa shape index (κ2) is 8.42. The Kier molecular flexibility index (Phi) is 6.14. The summed E-state index contributed by atoms with van der Waals surface area (Å²) < 4.78 is 36.5. The molecule has 0 atom stereocenters. The number of carbonyl (C=O) groups is 2.